The van der Waals surface area contributed by atoms with Crippen LogP contribution in [0.5, 0.6) is 0 Å². The standard InChI is InChI=1S/C16H24N2O3/c1-13-5-8-16(12-19,9-6-13)17-14(20)7-11-18-10-3-2-4-15(18)21/h2-4,10,13,19H,5-9,11-12H2,1H3,(H,17,20). The molecule has 1 aliphatic rings. The summed E-state index contributed by atoms with van der Waals surface area (Å²) in [6.07, 6.45) is 5.63. The summed E-state index contributed by atoms with van der Waals surface area (Å²) in [4.78, 5) is 23.7. The van der Waals surface area contributed by atoms with Gasteiger partial charge in [-0.05, 0) is 37.7 Å². The smallest absolute Gasteiger partial charge is 0.250 e. The van der Waals surface area contributed by atoms with E-state index in [0.29, 0.717) is 12.5 Å². The minimum atomic E-state index is -0.467. The lowest BCUT2D eigenvalue weighted by Crippen LogP contribution is -2.53. The average Bonchev–Trinajstić information content (AvgIpc) is 2.49. The molecule has 5 nitrogen and oxygen atoms in total. The number of nitrogens with zero attached hydrogens (tertiary/aromatic N) is 1. The highest BCUT2D eigenvalue weighted by Gasteiger charge is 2.34. The summed E-state index contributed by atoms with van der Waals surface area (Å²) < 4.78 is 1.52. The van der Waals surface area contributed by atoms with Crippen LogP contribution in [0.15, 0.2) is 29.2 Å². The van der Waals surface area contributed by atoms with Gasteiger partial charge in [-0.2, -0.15) is 0 Å². The average molecular weight is 292 g/mol. The SMILES string of the molecule is CC1CCC(CO)(NC(=O)CCn2ccccc2=O)CC1. The predicted molar refractivity (Wildman–Crippen MR) is 80.9 cm³/mol. The molecule has 1 aromatic rings. The van der Waals surface area contributed by atoms with E-state index in [1.165, 1.54) is 10.6 Å². The van der Waals surface area contributed by atoms with Crippen molar-refractivity contribution in [2.45, 2.75) is 51.1 Å². The molecule has 0 atom stereocenters. The van der Waals surface area contributed by atoms with Crippen LogP contribution in [0.2, 0.25) is 0 Å². The lowest BCUT2D eigenvalue weighted by Gasteiger charge is -2.38. The van der Waals surface area contributed by atoms with E-state index in [-0.39, 0.29) is 24.5 Å². The highest BCUT2D eigenvalue weighted by atomic mass is 16.3. The summed E-state index contributed by atoms with van der Waals surface area (Å²) in [6, 6.07) is 4.94. The van der Waals surface area contributed by atoms with Crippen molar-refractivity contribution in [2.24, 2.45) is 5.92 Å². The second kappa shape index (κ2) is 6.89. The van der Waals surface area contributed by atoms with Crippen LogP contribution >= 0.6 is 0 Å². The minimum absolute atomic E-state index is 0.0171. The van der Waals surface area contributed by atoms with Gasteiger partial charge in [-0.25, -0.2) is 0 Å². The van der Waals surface area contributed by atoms with Crippen LogP contribution < -0.4 is 10.9 Å². The maximum Gasteiger partial charge on any atom is 0.250 e. The third kappa shape index (κ3) is 4.17. The molecule has 5 heteroatoms. The number of aliphatic hydroxyl groups excluding tert-OH is 1. The fourth-order valence-electron chi connectivity index (χ4n) is 2.86. The summed E-state index contributed by atoms with van der Waals surface area (Å²) in [5, 5.41) is 12.6. The molecule has 1 fully saturated rings. The molecule has 1 saturated carbocycles. The van der Waals surface area contributed by atoms with Gasteiger partial charge in [-0.3, -0.25) is 9.59 Å². The highest BCUT2D eigenvalue weighted by Crippen LogP contribution is 2.31. The Bertz CT molecular complexity index is 530. The van der Waals surface area contributed by atoms with Gasteiger partial charge in [0.25, 0.3) is 5.56 Å². The highest BCUT2D eigenvalue weighted by molar-refractivity contribution is 5.76. The molecule has 1 aromatic heterocycles. The summed E-state index contributed by atoms with van der Waals surface area (Å²) in [5.41, 5.74) is -0.570. The van der Waals surface area contributed by atoms with Gasteiger partial charge in [0.05, 0.1) is 12.1 Å². The first-order valence-corrected chi connectivity index (χ1v) is 7.62. The van der Waals surface area contributed by atoms with Gasteiger partial charge < -0.3 is 15.0 Å². The number of amides is 1. The first-order chi connectivity index (χ1) is 10.0. The van der Waals surface area contributed by atoms with Gasteiger partial charge in [0.2, 0.25) is 5.91 Å². The first-order valence-electron chi connectivity index (χ1n) is 7.62. The van der Waals surface area contributed by atoms with Crippen LogP contribution in [0.1, 0.15) is 39.0 Å². The van der Waals surface area contributed by atoms with E-state index < -0.39 is 5.54 Å². The first kappa shape index (κ1) is 15.8. The van der Waals surface area contributed by atoms with Gasteiger partial charge in [-0.1, -0.05) is 13.0 Å². The fraction of sp³-hybridized carbons (Fsp3) is 0.625. The molecule has 0 aromatic carbocycles. The van der Waals surface area contributed by atoms with Crippen LogP contribution in [0, 0.1) is 5.92 Å². The number of aromatic nitrogens is 1. The zero-order valence-electron chi connectivity index (χ0n) is 12.5. The Balaban J connectivity index is 1.89. The van der Waals surface area contributed by atoms with Gasteiger partial charge >= 0.3 is 0 Å². The van der Waals surface area contributed by atoms with E-state index >= 15 is 0 Å². The van der Waals surface area contributed by atoms with Crippen LogP contribution in [0.3, 0.4) is 0 Å². The Morgan fingerprint density at radius 3 is 2.76 bits per heavy atom. The topological polar surface area (TPSA) is 71.3 Å². The number of carbonyl (C=O) groups excluding carboxylic acids is 1. The van der Waals surface area contributed by atoms with Crippen molar-refractivity contribution in [3.63, 3.8) is 0 Å². The van der Waals surface area contributed by atoms with Crippen molar-refractivity contribution in [1.29, 1.82) is 0 Å². The molecule has 0 spiro atoms. The minimum Gasteiger partial charge on any atom is -0.394 e. The number of hydrogen-bond donors (Lipinski definition) is 2. The molecule has 21 heavy (non-hydrogen) atoms. The van der Waals surface area contributed by atoms with Crippen LogP contribution in [0.4, 0.5) is 0 Å². The molecule has 1 heterocycles. The van der Waals surface area contributed by atoms with Crippen molar-refractivity contribution >= 4 is 5.91 Å². The monoisotopic (exact) mass is 292 g/mol. The van der Waals surface area contributed by atoms with E-state index in [1.54, 1.807) is 18.3 Å². The van der Waals surface area contributed by atoms with Crippen LogP contribution in [-0.2, 0) is 11.3 Å². The fourth-order valence-corrected chi connectivity index (χ4v) is 2.86. The summed E-state index contributed by atoms with van der Waals surface area (Å²) in [7, 11) is 0. The Morgan fingerprint density at radius 1 is 1.43 bits per heavy atom. The van der Waals surface area contributed by atoms with Crippen molar-refractivity contribution in [2.75, 3.05) is 6.61 Å². The number of carbonyl (C=O) groups is 1. The second-order valence-electron chi connectivity index (χ2n) is 6.15. The Kier molecular flexibility index (Phi) is 5.17. The molecular weight excluding hydrogens is 268 g/mol. The molecule has 2 N–H and O–H groups in total. The van der Waals surface area contributed by atoms with Gasteiger partial charge in [0, 0.05) is 25.2 Å². The van der Waals surface area contributed by atoms with Gasteiger partial charge in [-0.15, -0.1) is 0 Å². The molecule has 1 aliphatic carbocycles. The van der Waals surface area contributed by atoms with Crippen molar-refractivity contribution < 1.29 is 9.90 Å². The zero-order valence-corrected chi connectivity index (χ0v) is 12.5. The number of nitrogens with one attached hydrogen (secondary N) is 1. The Labute approximate surface area is 125 Å². The second-order valence-corrected chi connectivity index (χ2v) is 6.15. The molecule has 0 aliphatic heterocycles. The van der Waals surface area contributed by atoms with Crippen molar-refractivity contribution in [1.82, 2.24) is 9.88 Å². The zero-order chi connectivity index (χ0) is 15.3. The third-order valence-electron chi connectivity index (χ3n) is 4.42. The normalized spacial score (nSPS) is 25.5. The van der Waals surface area contributed by atoms with E-state index in [1.807, 2.05) is 0 Å². The summed E-state index contributed by atoms with van der Waals surface area (Å²) >= 11 is 0. The van der Waals surface area contributed by atoms with E-state index in [0.717, 1.165) is 25.7 Å². The third-order valence-corrected chi connectivity index (χ3v) is 4.42. The van der Waals surface area contributed by atoms with Gasteiger partial charge in [0.1, 0.15) is 0 Å². The largest absolute Gasteiger partial charge is 0.394 e. The molecule has 0 saturated heterocycles. The maximum atomic E-state index is 12.1. The molecule has 116 valence electrons. The van der Waals surface area contributed by atoms with Crippen molar-refractivity contribution in [3.8, 4) is 0 Å². The number of rotatable bonds is 5. The number of aliphatic hydroxyl groups is 1. The van der Waals surface area contributed by atoms with Crippen molar-refractivity contribution in [3.05, 3.63) is 34.7 Å². The lowest BCUT2D eigenvalue weighted by atomic mass is 9.77. The number of pyridine rings is 1. The van der Waals surface area contributed by atoms with E-state index in [4.69, 9.17) is 0 Å². The molecule has 0 bridgehead atoms. The summed E-state index contributed by atoms with van der Waals surface area (Å²) in [5.74, 6) is 0.554. The maximum absolute atomic E-state index is 12.1. The van der Waals surface area contributed by atoms with Crippen LogP contribution in [-0.4, -0.2) is 27.7 Å². The number of hydrogen-bond acceptors (Lipinski definition) is 3. The Morgan fingerprint density at radius 2 is 2.14 bits per heavy atom. The lowest BCUT2D eigenvalue weighted by molar-refractivity contribution is -0.124. The Hall–Kier alpha value is -1.62. The molecular formula is C16H24N2O3. The number of aryl methyl sites for hydroxylation is 1. The van der Waals surface area contributed by atoms with Crippen LogP contribution in [0.25, 0.3) is 0 Å². The molecule has 0 unspecified atom stereocenters. The molecule has 0 radical (unpaired) electrons. The van der Waals surface area contributed by atoms with E-state index in [9.17, 15) is 14.7 Å². The molecule has 1 amide bonds. The quantitative estimate of drug-likeness (QED) is 0.859. The summed E-state index contributed by atoms with van der Waals surface area (Å²) in [6.45, 7) is 2.55. The predicted octanol–water partition coefficient (Wildman–Crippen LogP) is 1.30. The molecule has 2 rings (SSSR count). The van der Waals surface area contributed by atoms with Gasteiger partial charge in [0.15, 0.2) is 0 Å². The van der Waals surface area contributed by atoms with E-state index in [2.05, 4.69) is 12.2 Å².